The Bertz CT molecular complexity index is 104. The van der Waals surface area contributed by atoms with Crippen molar-refractivity contribution in [2.45, 2.75) is 36.9 Å². The topological polar surface area (TPSA) is 12.0 Å². The number of rotatable bonds is 0. The lowest BCUT2D eigenvalue weighted by atomic mass is 9.91. The highest BCUT2D eigenvalue weighted by Gasteiger charge is 2.33. The Morgan fingerprint density at radius 1 is 1.00 bits per heavy atom. The minimum Gasteiger partial charge on any atom is -0.317 e. The van der Waals surface area contributed by atoms with E-state index in [1.165, 1.54) is 50.9 Å². The van der Waals surface area contributed by atoms with Gasteiger partial charge in [-0.15, -0.1) is 0 Å². The Kier molecular flexibility index (Phi) is 2.42. The van der Waals surface area contributed by atoms with E-state index in [-0.39, 0.29) is 0 Å². The Morgan fingerprint density at radius 3 is 2.45 bits per heavy atom. The summed E-state index contributed by atoms with van der Waals surface area (Å²) >= 11 is 2.25. The second-order valence-electron chi connectivity index (χ2n) is 3.74. The van der Waals surface area contributed by atoms with Crippen LogP contribution in [0.4, 0.5) is 0 Å². The first-order chi connectivity index (χ1) is 5.41. The van der Waals surface area contributed by atoms with Crippen molar-refractivity contribution in [1.82, 2.24) is 5.32 Å². The molecule has 0 radical (unpaired) electrons. The van der Waals surface area contributed by atoms with E-state index in [0.717, 1.165) is 0 Å². The summed E-state index contributed by atoms with van der Waals surface area (Å²) in [5.41, 5.74) is 0. The molecular weight excluding hydrogens is 154 g/mol. The van der Waals surface area contributed by atoms with Crippen LogP contribution in [0.5, 0.6) is 0 Å². The van der Waals surface area contributed by atoms with Crippen LogP contribution in [0.15, 0.2) is 0 Å². The van der Waals surface area contributed by atoms with Crippen molar-refractivity contribution in [2.24, 2.45) is 0 Å². The average molecular weight is 171 g/mol. The van der Waals surface area contributed by atoms with Gasteiger partial charge in [0.15, 0.2) is 0 Å². The van der Waals surface area contributed by atoms with E-state index in [4.69, 9.17) is 0 Å². The summed E-state index contributed by atoms with van der Waals surface area (Å²) in [6, 6.07) is 0. The zero-order chi connectivity index (χ0) is 7.57. The van der Waals surface area contributed by atoms with Crippen LogP contribution < -0.4 is 5.32 Å². The molecule has 11 heavy (non-hydrogen) atoms. The Balaban J connectivity index is 1.94. The fourth-order valence-corrected chi connectivity index (χ4v) is 3.75. The Morgan fingerprint density at radius 2 is 1.82 bits per heavy atom. The first-order valence-electron chi connectivity index (χ1n) is 4.76. The number of thioether (sulfide) groups is 1. The largest absolute Gasteiger partial charge is 0.317 e. The van der Waals surface area contributed by atoms with E-state index in [2.05, 4.69) is 17.1 Å². The highest BCUT2D eigenvalue weighted by Crippen LogP contribution is 2.42. The van der Waals surface area contributed by atoms with E-state index in [1.807, 2.05) is 0 Å². The van der Waals surface area contributed by atoms with Gasteiger partial charge in [-0.25, -0.2) is 0 Å². The van der Waals surface area contributed by atoms with E-state index in [9.17, 15) is 0 Å². The third-order valence-electron chi connectivity index (χ3n) is 2.95. The van der Waals surface area contributed by atoms with E-state index >= 15 is 0 Å². The van der Waals surface area contributed by atoms with Gasteiger partial charge in [0.25, 0.3) is 0 Å². The normalized spacial score (nSPS) is 30.5. The van der Waals surface area contributed by atoms with Gasteiger partial charge in [0.2, 0.25) is 0 Å². The summed E-state index contributed by atoms with van der Waals surface area (Å²) in [5.74, 6) is 1.42. The van der Waals surface area contributed by atoms with Crippen LogP contribution in [0.1, 0.15) is 32.1 Å². The Hall–Kier alpha value is 0.310. The van der Waals surface area contributed by atoms with Crippen LogP contribution in [0.25, 0.3) is 0 Å². The molecule has 64 valence electrons. The molecule has 0 aromatic carbocycles. The molecule has 0 saturated carbocycles. The van der Waals surface area contributed by atoms with Crippen LogP contribution >= 0.6 is 11.8 Å². The van der Waals surface area contributed by atoms with Crippen molar-refractivity contribution in [1.29, 1.82) is 0 Å². The SMILES string of the molecule is C1CCC2(CCNCC2)SC1. The smallest absolute Gasteiger partial charge is 0.0184 e. The number of nitrogens with one attached hydrogen (secondary N) is 1. The maximum absolute atomic E-state index is 3.44. The zero-order valence-corrected chi connectivity index (χ0v) is 7.88. The molecule has 1 nitrogen and oxygen atoms in total. The van der Waals surface area contributed by atoms with Crippen LogP contribution in [0, 0.1) is 0 Å². The van der Waals surface area contributed by atoms with Gasteiger partial charge in [0.1, 0.15) is 0 Å². The van der Waals surface area contributed by atoms with Crippen LogP contribution in [0.2, 0.25) is 0 Å². The van der Waals surface area contributed by atoms with Crippen molar-refractivity contribution in [3.63, 3.8) is 0 Å². The molecule has 0 unspecified atom stereocenters. The standard InChI is InChI=1S/C9H17NS/c1-2-8-11-9(3-1)4-6-10-7-5-9/h10H,1-8H2. The molecule has 0 aliphatic carbocycles. The van der Waals surface area contributed by atoms with Gasteiger partial charge in [-0.05, 0) is 44.5 Å². The summed E-state index contributed by atoms with van der Waals surface area (Å²) in [7, 11) is 0. The lowest BCUT2D eigenvalue weighted by Gasteiger charge is -2.40. The number of piperidine rings is 1. The fraction of sp³-hybridized carbons (Fsp3) is 1.00. The summed E-state index contributed by atoms with van der Waals surface area (Å²) in [5, 5.41) is 3.44. The minimum atomic E-state index is 0.712. The summed E-state index contributed by atoms with van der Waals surface area (Å²) in [6.45, 7) is 2.51. The minimum absolute atomic E-state index is 0.712. The van der Waals surface area contributed by atoms with Crippen molar-refractivity contribution in [3.05, 3.63) is 0 Å². The summed E-state index contributed by atoms with van der Waals surface area (Å²) in [4.78, 5) is 0. The van der Waals surface area contributed by atoms with Crippen molar-refractivity contribution < 1.29 is 0 Å². The highest BCUT2D eigenvalue weighted by atomic mass is 32.2. The maximum Gasteiger partial charge on any atom is 0.0184 e. The monoisotopic (exact) mass is 171 g/mol. The number of hydrogen-bond acceptors (Lipinski definition) is 2. The quantitative estimate of drug-likeness (QED) is 0.598. The molecule has 2 aliphatic rings. The van der Waals surface area contributed by atoms with E-state index in [1.54, 1.807) is 0 Å². The lowest BCUT2D eigenvalue weighted by molar-refractivity contribution is 0.376. The Labute approximate surface area is 73.3 Å². The third-order valence-corrected chi connectivity index (χ3v) is 4.67. The van der Waals surface area contributed by atoms with Crippen molar-refractivity contribution >= 4 is 11.8 Å². The van der Waals surface area contributed by atoms with Gasteiger partial charge < -0.3 is 5.32 Å². The molecule has 0 bridgehead atoms. The molecule has 2 aliphatic heterocycles. The maximum atomic E-state index is 3.44. The molecule has 1 N–H and O–H groups in total. The molecule has 0 aromatic rings. The predicted molar refractivity (Wildman–Crippen MR) is 51.1 cm³/mol. The van der Waals surface area contributed by atoms with Crippen molar-refractivity contribution in [2.75, 3.05) is 18.8 Å². The second kappa shape index (κ2) is 3.36. The predicted octanol–water partition coefficient (Wildman–Crippen LogP) is 2.03. The average Bonchev–Trinajstić information content (AvgIpc) is 2.07. The lowest BCUT2D eigenvalue weighted by Crippen LogP contribution is -2.40. The highest BCUT2D eigenvalue weighted by molar-refractivity contribution is 8.00. The van der Waals surface area contributed by atoms with E-state index < -0.39 is 0 Å². The first-order valence-corrected chi connectivity index (χ1v) is 5.75. The molecule has 2 rings (SSSR count). The molecule has 2 heterocycles. The van der Waals surface area contributed by atoms with Gasteiger partial charge in [0, 0.05) is 4.75 Å². The van der Waals surface area contributed by atoms with Gasteiger partial charge in [-0.2, -0.15) is 11.8 Å². The fourth-order valence-electron chi connectivity index (χ4n) is 2.19. The zero-order valence-electron chi connectivity index (χ0n) is 7.07. The molecular formula is C9H17NS. The molecule has 2 fully saturated rings. The molecule has 0 amide bonds. The van der Waals surface area contributed by atoms with Crippen LogP contribution in [0.3, 0.4) is 0 Å². The molecule has 1 spiro atoms. The van der Waals surface area contributed by atoms with Gasteiger partial charge in [-0.3, -0.25) is 0 Å². The molecule has 0 atom stereocenters. The van der Waals surface area contributed by atoms with E-state index in [0.29, 0.717) is 4.75 Å². The van der Waals surface area contributed by atoms with Crippen LogP contribution in [-0.2, 0) is 0 Å². The molecule has 0 aromatic heterocycles. The summed E-state index contributed by atoms with van der Waals surface area (Å²) < 4.78 is 0.712. The van der Waals surface area contributed by atoms with Gasteiger partial charge >= 0.3 is 0 Å². The van der Waals surface area contributed by atoms with Gasteiger partial charge in [0.05, 0.1) is 0 Å². The molecule has 2 saturated heterocycles. The van der Waals surface area contributed by atoms with Crippen molar-refractivity contribution in [3.8, 4) is 0 Å². The second-order valence-corrected chi connectivity index (χ2v) is 5.30. The third kappa shape index (κ3) is 1.73. The van der Waals surface area contributed by atoms with Gasteiger partial charge in [-0.1, -0.05) is 6.42 Å². The van der Waals surface area contributed by atoms with Crippen LogP contribution in [-0.4, -0.2) is 23.6 Å². The number of hydrogen-bond donors (Lipinski definition) is 1. The first kappa shape index (κ1) is 7.93. The molecule has 2 heteroatoms. The summed E-state index contributed by atoms with van der Waals surface area (Å²) in [6.07, 6.45) is 7.25.